The van der Waals surface area contributed by atoms with Crippen LogP contribution >= 0.6 is 0 Å². The third-order valence-electron chi connectivity index (χ3n) is 3.39. The highest BCUT2D eigenvalue weighted by Crippen LogP contribution is 2.23. The van der Waals surface area contributed by atoms with Gasteiger partial charge in [-0.05, 0) is 11.6 Å². The van der Waals surface area contributed by atoms with Gasteiger partial charge < -0.3 is 4.90 Å². The smallest absolute Gasteiger partial charge is 0.224 e. The van der Waals surface area contributed by atoms with Crippen molar-refractivity contribution < 1.29 is 4.79 Å². The van der Waals surface area contributed by atoms with Crippen LogP contribution in [-0.4, -0.2) is 27.5 Å². The van der Waals surface area contributed by atoms with E-state index in [-0.39, 0.29) is 11.8 Å². The summed E-state index contributed by atoms with van der Waals surface area (Å²) >= 11 is 0. The minimum atomic E-state index is 0.0565. The second-order valence-corrected chi connectivity index (χ2v) is 4.59. The summed E-state index contributed by atoms with van der Waals surface area (Å²) in [7, 11) is 0. The SMILES string of the molecule is C#CC1CC(=O)N(Cc2cccc3[nH]ncc23)C1. The standard InChI is InChI=1S/C14H13N3O/c1-2-10-6-14(18)17(8-10)9-11-4-3-5-13-12(11)7-15-16-13/h1,3-5,7,10H,6,8-9H2,(H,15,16). The van der Waals surface area contributed by atoms with Crippen molar-refractivity contribution in [2.45, 2.75) is 13.0 Å². The lowest BCUT2D eigenvalue weighted by Crippen LogP contribution is -2.24. The van der Waals surface area contributed by atoms with Gasteiger partial charge in [0.1, 0.15) is 0 Å². The van der Waals surface area contributed by atoms with Crippen LogP contribution in [0.3, 0.4) is 0 Å². The number of aromatic amines is 1. The summed E-state index contributed by atoms with van der Waals surface area (Å²) in [5.74, 6) is 2.86. The fourth-order valence-corrected chi connectivity index (χ4v) is 2.41. The molecule has 1 saturated heterocycles. The maximum Gasteiger partial charge on any atom is 0.224 e. The molecule has 18 heavy (non-hydrogen) atoms. The summed E-state index contributed by atoms with van der Waals surface area (Å²) in [5, 5.41) is 8.02. The highest BCUT2D eigenvalue weighted by Gasteiger charge is 2.28. The Balaban J connectivity index is 1.87. The molecule has 1 unspecified atom stereocenters. The molecule has 0 saturated carbocycles. The van der Waals surface area contributed by atoms with E-state index in [1.165, 1.54) is 0 Å². The number of H-pyrrole nitrogens is 1. The number of aromatic nitrogens is 2. The lowest BCUT2D eigenvalue weighted by atomic mass is 10.1. The molecular formula is C14H13N3O. The van der Waals surface area contributed by atoms with Crippen molar-refractivity contribution in [2.75, 3.05) is 6.54 Å². The van der Waals surface area contributed by atoms with Gasteiger partial charge in [0.2, 0.25) is 5.91 Å². The molecule has 1 amide bonds. The number of nitrogens with one attached hydrogen (secondary N) is 1. The molecule has 1 atom stereocenters. The topological polar surface area (TPSA) is 49.0 Å². The molecule has 1 aliphatic rings. The van der Waals surface area contributed by atoms with Crippen LogP contribution in [0.1, 0.15) is 12.0 Å². The number of carbonyl (C=O) groups is 1. The Morgan fingerprint density at radius 3 is 3.22 bits per heavy atom. The molecule has 1 N–H and O–H groups in total. The Morgan fingerprint density at radius 2 is 2.44 bits per heavy atom. The molecule has 1 aromatic carbocycles. The molecule has 1 aliphatic heterocycles. The molecule has 3 rings (SSSR count). The molecule has 2 aromatic rings. The Labute approximate surface area is 105 Å². The zero-order valence-corrected chi connectivity index (χ0v) is 9.89. The summed E-state index contributed by atoms with van der Waals surface area (Å²) in [6.07, 6.45) is 7.65. The summed E-state index contributed by atoms with van der Waals surface area (Å²) in [4.78, 5) is 13.7. The lowest BCUT2D eigenvalue weighted by Gasteiger charge is -2.16. The number of terminal acetylenes is 1. The summed E-state index contributed by atoms with van der Waals surface area (Å²) < 4.78 is 0. The van der Waals surface area contributed by atoms with E-state index in [0.29, 0.717) is 19.5 Å². The van der Waals surface area contributed by atoms with Crippen molar-refractivity contribution in [3.8, 4) is 12.3 Å². The third-order valence-corrected chi connectivity index (χ3v) is 3.39. The molecular weight excluding hydrogens is 226 g/mol. The van der Waals surface area contributed by atoms with Gasteiger partial charge in [0.15, 0.2) is 0 Å². The van der Waals surface area contributed by atoms with E-state index in [9.17, 15) is 4.79 Å². The molecule has 4 heteroatoms. The number of benzene rings is 1. The van der Waals surface area contributed by atoms with Gasteiger partial charge in [0.25, 0.3) is 0 Å². The molecule has 0 radical (unpaired) electrons. The van der Waals surface area contributed by atoms with Gasteiger partial charge in [-0.25, -0.2) is 0 Å². The zero-order chi connectivity index (χ0) is 12.5. The van der Waals surface area contributed by atoms with Crippen molar-refractivity contribution >= 4 is 16.8 Å². The minimum Gasteiger partial charge on any atom is -0.337 e. The van der Waals surface area contributed by atoms with Crippen LogP contribution in [0.4, 0.5) is 0 Å². The van der Waals surface area contributed by atoms with Crippen LogP contribution in [0.15, 0.2) is 24.4 Å². The summed E-state index contributed by atoms with van der Waals surface area (Å²) in [5.41, 5.74) is 2.10. The monoisotopic (exact) mass is 239 g/mol. The van der Waals surface area contributed by atoms with Gasteiger partial charge in [-0.1, -0.05) is 12.1 Å². The number of likely N-dealkylation sites (tertiary alicyclic amines) is 1. The first kappa shape index (κ1) is 10.8. The summed E-state index contributed by atoms with van der Waals surface area (Å²) in [6, 6.07) is 5.96. The second-order valence-electron chi connectivity index (χ2n) is 4.59. The Kier molecular flexibility index (Phi) is 2.52. The Morgan fingerprint density at radius 1 is 1.56 bits per heavy atom. The van der Waals surface area contributed by atoms with E-state index >= 15 is 0 Å². The number of carbonyl (C=O) groups excluding carboxylic acids is 1. The van der Waals surface area contributed by atoms with Crippen LogP contribution in [0.2, 0.25) is 0 Å². The number of hydrogen-bond acceptors (Lipinski definition) is 2. The molecule has 0 aliphatic carbocycles. The first-order chi connectivity index (χ1) is 8.78. The van der Waals surface area contributed by atoms with Crippen molar-refractivity contribution in [1.29, 1.82) is 0 Å². The van der Waals surface area contributed by atoms with Gasteiger partial charge in [0.05, 0.1) is 11.7 Å². The van der Waals surface area contributed by atoms with E-state index in [4.69, 9.17) is 6.42 Å². The molecule has 4 nitrogen and oxygen atoms in total. The number of rotatable bonds is 2. The Hall–Kier alpha value is -2.28. The maximum atomic E-state index is 11.8. The number of nitrogens with zero attached hydrogens (tertiary/aromatic N) is 2. The van der Waals surface area contributed by atoms with Crippen molar-refractivity contribution in [2.24, 2.45) is 5.92 Å². The molecule has 2 heterocycles. The van der Waals surface area contributed by atoms with Crippen LogP contribution < -0.4 is 0 Å². The zero-order valence-electron chi connectivity index (χ0n) is 9.89. The van der Waals surface area contributed by atoms with E-state index in [1.54, 1.807) is 6.20 Å². The van der Waals surface area contributed by atoms with E-state index in [1.807, 2.05) is 23.1 Å². The van der Waals surface area contributed by atoms with Crippen LogP contribution in [0, 0.1) is 18.3 Å². The van der Waals surface area contributed by atoms with E-state index in [2.05, 4.69) is 16.1 Å². The largest absolute Gasteiger partial charge is 0.337 e. The number of hydrogen-bond donors (Lipinski definition) is 1. The first-order valence-corrected chi connectivity index (χ1v) is 5.93. The lowest BCUT2D eigenvalue weighted by molar-refractivity contribution is -0.128. The fraction of sp³-hybridized carbons (Fsp3) is 0.286. The van der Waals surface area contributed by atoms with Crippen LogP contribution in [0.25, 0.3) is 10.9 Å². The first-order valence-electron chi connectivity index (χ1n) is 5.93. The molecule has 0 bridgehead atoms. The van der Waals surface area contributed by atoms with Crippen LogP contribution in [-0.2, 0) is 11.3 Å². The van der Waals surface area contributed by atoms with Crippen molar-refractivity contribution in [1.82, 2.24) is 15.1 Å². The average molecular weight is 239 g/mol. The highest BCUT2D eigenvalue weighted by molar-refractivity contribution is 5.83. The molecule has 1 fully saturated rings. The second kappa shape index (κ2) is 4.19. The normalized spacial score (nSPS) is 19.4. The number of amides is 1. The van der Waals surface area contributed by atoms with Crippen molar-refractivity contribution in [3.63, 3.8) is 0 Å². The maximum absolute atomic E-state index is 11.8. The number of fused-ring (bicyclic) bond motifs is 1. The van der Waals surface area contributed by atoms with Gasteiger partial charge in [-0.3, -0.25) is 9.89 Å². The molecule has 90 valence electrons. The van der Waals surface area contributed by atoms with Gasteiger partial charge >= 0.3 is 0 Å². The molecule has 0 spiro atoms. The van der Waals surface area contributed by atoms with Gasteiger partial charge in [-0.15, -0.1) is 12.3 Å². The minimum absolute atomic E-state index is 0.0565. The van der Waals surface area contributed by atoms with Gasteiger partial charge in [-0.2, -0.15) is 5.10 Å². The quantitative estimate of drug-likeness (QED) is 0.808. The van der Waals surface area contributed by atoms with E-state index in [0.717, 1.165) is 16.5 Å². The predicted octanol–water partition coefficient (Wildman–Crippen LogP) is 1.54. The predicted molar refractivity (Wildman–Crippen MR) is 68.5 cm³/mol. The Bertz CT molecular complexity index is 638. The molecule has 1 aromatic heterocycles. The van der Waals surface area contributed by atoms with Crippen molar-refractivity contribution in [3.05, 3.63) is 30.0 Å². The fourth-order valence-electron chi connectivity index (χ4n) is 2.41. The highest BCUT2D eigenvalue weighted by atomic mass is 16.2. The van der Waals surface area contributed by atoms with Gasteiger partial charge in [0, 0.05) is 30.8 Å². The summed E-state index contributed by atoms with van der Waals surface area (Å²) in [6.45, 7) is 1.26. The van der Waals surface area contributed by atoms with Crippen LogP contribution in [0.5, 0.6) is 0 Å². The van der Waals surface area contributed by atoms with E-state index < -0.39 is 0 Å². The third kappa shape index (κ3) is 1.74. The average Bonchev–Trinajstić information content (AvgIpc) is 2.97.